The first-order valence-corrected chi connectivity index (χ1v) is 9.96. The highest BCUT2D eigenvalue weighted by atomic mass is 16.5. The van der Waals surface area contributed by atoms with Gasteiger partial charge in [-0.15, -0.1) is 0 Å². The van der Waals surface area contributed by atoms with Gasteiger partial charge in [0.2, 0.25) is 0 Å². The van der Waals surface area contributed by atoms with Crippen molar-refractivity contribution in [3.05, 3.63) is 107 Å². The third-order valence-electron chi connectivity index (χ3n) is 4.92. The van der Waals surface area contributed by atoms with Gasteiger partial charge < -0.3 is 9.84 Å². The SMILES string of the molecule is CCOc1ccc(/C=C2\C=C(c3ccccc3)N(c3cccc(C(=O)O)c3)C2=O)cc1. The van der Waals surface area contributed by atoms with Gasteiger partial charge in [-0.1, -0.05) is 48.5 Å². The van der Waals surface area contributed by atoms with Crippen LogP contribution in [-0.2, 0) is 4.79 Å². The van der Waals surface area contributed by atoms with E-state index in [2.05, 4.69) is 0 Å². The molecule has 3 aromatic carbocycles. The van der Waals surface area contributed by atoms with E-state index < -0.39 is 5.97 Å². The normalized spacial score (nSPS) is 14.6. The summed E-state index contributed by atoms with van der Waals surface area (Å²) < 4.78 is 5.48. The molecular formula is C26H21NO4. The molecular weight excluding hydrogens is 390 g/mol. The number of aromatic carboxylic acids is 1. The lowest BCUT2D eigenvalue weighted by molar-refractivity contribution is -0.113. The fourth-order valence-electron chi connectivity index (χ4n) is 3.48. The van der Waals surface area contributed by atoms with Crippen molar-refractivity contribution in [1.29, 1.82) is 0 Å². The quantitative estimate of drug-likeness (QED) is 0.562. The maximum absolute atomic E-state index is 13.4. The second kappa shape index (κ2) is 8.71. The number of anilines is 1. The molecule has 5 heteroatoms. The molecule has 0 saturated heterocycles. The minimum absolute atomic E-state index is 0.127. The maximum atomic E-state index is 13.4. The molecule has 0 atom stereocenters. The van der Waals surface area contributed by atoms with Crippen LogP contribution in [-0.4, -0.2) is 23.6 Å². The molecule has 1 amide bonds. The van der Waals surface area contributed by atoms with Gasteiger partial charge in [0, 0.05) is 5.57 Å². The zero-order valence-corrected chi connectivity index (χ0v) is 17.0. The lowest BCUT2D eigenvalue weighted by atomic mass is 10.1. The van der Waals surface area contributed by atoms with Crippen LogP contribution < -0.4 is 9.64 Å². The van der Waals surface area contributed by atoms with Crippen molar-refractivity contribution < 1.29 is 19.4 Å². The summed E-state index contributed by atoms with van der Waals surface area (Å²) in [5, 5.41) is 9.37. The van der Waals surface area contributed by atoms with E-state index in [1.165, 1.54) is 12.1 Å². The molecule has 1 aliphatic heterocycles. The highest BCUT2D eigenvalue weighted by Crippen LogP contribution is 2.35. The number of carbonyl (C=O) groups excluding carboxylic acids is 1. The summed E-state index contributed by atoms with van der Waals surface area (Å²) in [5.41, 5.74) is 3.59. The average Bonchev–Trinajstić information content (AvgIpc) is 3.12. The Kier molecular flexibility index (Phi) is 5.67. The number of rotatable bonds is 6. The summed E-state index contributed by atoms with van der Waals surface area (Å²) >= 11 is 0. The molecule has 154 valence electrons. The number of carbonyl (C=O) groups is 2. The average molecular weight is 411 g/mol. The lowest BCUT2D eigenvalue weighted by Gasteiger charge is -2.21. The highest BCUT2D eigenvalue weighted by molar-refractivity contribution is 6.23. The van der Waals surface area contributed by atoms with Crippen LogP contribution in [0.15, 0.2) is 90.5 Å². The molecule has 1 aliphatic rings. The van der Waals surface area contributed by atoms with E-state index in [4.69, 9.17) is 4.74 Å². The van der Waals surface area contributed by atoms with Gasteiger partial charge in [-0.25, -0.2) is 4.79 Å². The van der Waals surface area contributed by atoms with E-state index in [-0.39, 0.29) is 11.5 Å². The molecule has 0 aromatic heterocycles. The fourth-order valence-corrected chi connectivity index (χ4v) is 3.48. The molecule has 0 aliphatic carbocycles. The lowest BCUT2D eigenvalue weighted by Crippen LogP contribution is -2.25. The van der Waals surface area contributed by atoms with Crippen LogP contribution in [0.3, 0.4) is 0 Å². The summed E-state index contributed by atoms with van der Waals surface area (Å²) in [6.45, 7) is 2.52. The smallest absolute Gasteiger partial charge is 0.335 e. The Morgan fingerprint density at radius 1 is 1.00 bits per heavy atom. The first-order valence-electron chi connectivity index (χ1n) is 9.96. The Hall–Kier alpha value is -4.12. The molecule has 3 aromatic rings. The largest absolute Gasteiger partial charge is 0.494 e. The topological polar surface area (TPSA) is 66.8 Å². The highest BCUT2D eigenvalue weighted by Gasteiger charge is 2.30. The zero-order valence-electron chi connectivity index (χ0n) is 17.0. The van der Waals surface area contributed by atoms with Gasteiger partial charge in [-0.2, -0.15) is 0 Å². The standard InChI is InChI=1S/C26H21NO4/c1-2-31-23-13-11-18(12-14-23)15-21-17-24(19-7-4-3-5-8-19)27(25(21)28)22-10-6-9-20(16-22)26(29)30/h3-17H,2H2,1H3,(H,29,30)/b21-15+. The Morgan fingerprint density at radius 2 is 1.74 bits per heavy atom. The number of hydrogen-bond acceptors (Lipinski definition) is 3. The zero-order chi connectivity index (χ0) is 21.8. The third-order valence-corrected chi connectivity index (χ3v) is 4.92. The Balaban J connectivity index is 1.77. The summed E-state index contributed by atoms with van der Waals surface area (Å²) in [4.78, 5) is 26.4. The van der Waals surface area contributed by atoms with Gasteiger partial charge in [-0.3, -0.25) is 9.69 Å². The molecule has 5 nitrogen and oxygen atoms in total. The third kappa shape index (κ3) is 4.26. The van der Waals surface area contributed by atoms with Crippen LogP contribution >= 0.6 is 0 Å². The number of carboxylic acids is 1. The summed E-state index contributed by atoms with van der Waals surface area (Å²) in [7, 11) is 0. The van der Waals surface area contributed by atoms with Crippen molar-refractivity contribution >= 4 is 29.3 Å². The van der Waals surface area contributed by atoms with E-state index in [0.29, 0.717) is 23.6 Å². The minimum Gasteiger partial charge on any atom is -0.494 e. The van der Waals surface area contributed by atoms with Crippen molar-refractivity contribution in [1.82, 2.24) is 0 Å². The number of carboxylic acid groups (broad SMARTS) is 1. The van der Waals surface area contributed by atoms with Crippen LogP contribution in [0.25, 0.3) is 11.8 Å². The number of hydrogen-bond donors (Lipinski definition) is 1. The molecule has 31 heavy (non-hydrogen) atoms. The van der Waals surface area contributed by atoms with Crippen LogP contribution in [0.1, 0.15) is 28.4 Å². The van der Waals surface area contributed by atoms with E-state index in [1.54, 1.807) is 17.0 Å². The number of ether oxygens (including phenoxy) is 1. The molecule has 0 saturated carbocycles. The number of nitrogens with zero attached hydrogens (tertiary/aromatic N) is 1. The van der Waals surface area contributed by atoms with Crippen molar-refractivity contribution in [2.24, 2.45) is 0 Å². The van der Waals surface area contributed by atoms with Gasteiger partial charge in [0.05, 0.1) is 23.6 Å². The van der Waals surface area contributed by atoms with Gasteiger partial charge in [-0.05, 0) is 60.5 Å². The van der Waals surface area contributed by atoms with Gasteiger partial charge >= 0.3 is 5.97 Å². The van der Waals surface area contributed by atoms with Crippen LogP contribution in [0, 0.1) is 0 Å². The molecule has 0 unspecified atom stereocenters. The molecule has 1 N–H and O–H groups in total. The van der Waals surface area contributed by atoms with Crippen LogP contribution in [0.5, 0.6) is 5.75 Å². The minimum atomic E-state index is -1.04. The molecule has 0 fully saturated rings. The Bertz CT molecular complexity index is 1180. The second-order valence-corrected chi connectivity index (χ2v) is 6.99. The number of amides is 1. The van der Waals surface area contributed by atoms with Gasteiger partial charge in [0.1, 0.15) is 5.75 Å². The molecule has 0 spiro atoms. The Labute approximate surface area is 180 Å². The molecule has 1 heterocycles. The van der Waals surface area contributed by atoms with E-state index >= 15 is 0 Å². The Morgan fingerprint density at radius 3 is 2.42 bits per heavy atom. The number of benzene rings is 3. The van der Waals surface area contributed by atoms with Crippen molar-refractivity contribution in [3.63, 3.8) is 0 Å². The first kappa shape index (κ1) is 20.2. The molecule has 0 bridgehead atoms. The predicted molar refractivity (Wildman–Crippen MR) is 121 cm³/mol. The van der Waals surface area contributed by atoms with Crippen molar-refractivity contribution in [2.75, 3.05) is 11.5 Å². The van der Waals surface area contributed by atoms with E-state index in [1.807, 2.05) is 73.7 Å². The van der Waals surface area contributed by atoms with Crippen molar-refractivity contribution in [2.45, 2.75) is 6.92 Å². The van der Waals surface area contributed by atoms with Crippen LogP contribution in [0.4, 0.5) is 5.69 Å². The van der Waals surface area contributed by atoms with E-state index in [0.717, 1.165) is 16.9 Å². The second-order valence-electron chi connectivity index (χ2n) is 6.99. The van der Waals surface area contributed by atoms with E-state index in [9.17, 15) is 14.7 Å². The summed E-state index contributed by atoms with van der Waals surface area (Å²) in [6, 6.07) is 23.5. The van der Waals surface area contributed by atoms with Crippen LogP contribution in [0.2, 0.25) is 0 Å². The van der Waals surface area contributed by atoms with Gasteiger partial charge in [0.25, 0.3) is 5.91 Å². The molecule has 0 radical (unpaired) electrons. The van der Waals surface area contributed by atoms with Crippen molar-refractivity contribution in [3.8, 4) is 5.75 Å². The summed E-state index contributed by atoms with van der Waals surface area (Å²) in [6.07, 6.45) is 3.66. The van der Waals surface area contributed by atoms with Gasteiger partial charge in [0.15, 0.2) is 0 Å². The predicted octanol–water partition coefficient (Wildman–Crippen LogP) is 5.25. The molecule has 4 rings (SSSR count). The monoisotopic (exact) mass is 411 g/mol. The maximum Gasteiger partial charge on any atom is 0.335 e. The first-order chi connectivity index (χ1) is 15.1. The summed E-state index contributed by atoms with van der Waals surface area (Å²) in [5.74, 6) is -0.478. The fraction of sp³-hybridized carbons (Fsp3) is 0.0769.